The molecule has 8 unspecified atom stereocenters. The number of halogens is 2. The third-order valence-electron chi connectivity index (χ3n) is 15.3. The van der Waals surface area contributed by atoms with E-state index in [0.717, 1.165) is 57.7 Å². The van der Waals surface area contributed by atoms with Gasteiger partial charge in [0.2, 0.25) is 0 Å². The Morgan fingerprint density at radius 3 is 2.06 bits per heavy atom. The molecular weight excluding hydrogens is 839 g/mol. The molecule has 0 amide bonds. The molecule has 4 aliphatic carbocycles. The van der Waals surface area contributed by atoms with Crippen LogP contribution in [-0.4, -0.2) is 28.2 Å². The molecule has 1 aromatic heterocycles. The summed E-state index contributed by atoms with van der Waals surface area (Å²) in [7, 11) is 0. The third-order valence-corrected chi connectivity index (χ3v) is 15.3. The van der Waals surface area contributed by atoms with Crippen LogP contribution in [0.25, 0.3) is 27.5 Å². The van der Waals surface area contributed by atoms with Gasteiger partial charge in [-0.3, -0.25) is 0 Å². The molecule has 0 spiro atoms. The van der Waals surface area contributed by atoms with E-state index in [9.17, 15) is 8.78 Å². The van der Waals surface area contributed by atoms with Crippen LogP contribution in [0.15, 0.2) is 236 Å². The van der Waals surface area contributed by atoms with Gasteiger partial charge >= 0.3 is 0 Å². The molecule has 5 aliphatic rings. The zero-order valence-electron chi connectivity index (χ0n) is 38.4. The molecule has 0 bridgehead atoms. The Hall–Kier alpha value is -7.44. The monoisotopic (exact) mass is 892 g/mol. The fourth-order valence-corrected chi connectivity index (χ4v) is 12.2. The average molecular weight is 893 g/mol. The molecule has 0 N–H and O–H groups in total. The van der Waals surface area contributed by atoms with Gasteiger partial charge in [-0.05, 0) is 134 Å². The van der Waals surface area contributed by atoms with Gasteiger partial charge in [0.1, 0.15) is 11.6 Å². The number of para-hydroxylation sites is 3. The molecule has 2 heterocycles. The number of fused-ring (bicyclic) bond motifs is 6. The SMILES string of the molecule is CC1C=C(F)C=CC1N(c1ccc(C2C=CC(N(c3ccc(F)cc3)c3ccc4c(c3)c3ccccc3n4-c3ccccc3)=CC2)cc1)C1(C)C=CC2C(C1)C1C=CC=CC1N2c1ccccc1. The van der Waals surface area contributed by atoms with E-state index in [1.54, 1.807) is 12.2 Å². The van der Waals surface area contributed by atoms with Crippen molar-refractivity contribution in [1.29, 1.82) is 0 Å². The van der Waals surface area contributed by atoms with E-state index in [1.807, 2.05) is 18.2 Å². The van der Waals surface area contributed by atoms with Crippen LogP contribution in [0, 0.1) is 23.6 Å². The van der Waals surface area contributed by atoms with Crippen molar-refractivity contribution in [3.05, 3.63) is 247 Å². The topological polar surface area (TPSA) is 14.7 Å². The van der Waals surface area contributed by atoms with E-state index < -0.39 is 0 Å². The Bertz CT molecular complexity index is 3230. The second-order valence-electron chi connectivity index (χ2n) is 19.4. The highest BCUT2D eigenvalue weighted by atomic mass is 19.1. The summed E-state index contributed by atoms with van der Waals surface area (Å²) in [6.07, 6.45) is 28.2. The fraction of sp³-hybridized carbons (Fsp3) is 0.194. The van der Waals surface area contributed by atoms with Crippen LogP contribution in [0.1, 0.15) is 38.2 Å². The van der Waals surface area contributed by atoms with Crippen molar-refractivity contribution in [2.24, 2.45) is 17.8 Å². The van der Waals surface area contributed by atoms with Gasteiger partial charge in [-0.15, -0.1) is 0 Å². The lowest BCUT2D eigenvalue weighted by Gasteiger charge is -2.51. The van der Waals surface area contributed by atoms with Crippen LogP contribution in [0.5, 0.6) is 0 Å². The smallest absolute Gasteiger partial charge is 0.123 e. The lowest BCUT2D eigenvalue weighted by Crippen LogP contribution is -2.56. The molecule has 7 aromatic rings. The number of aromatic nitrogens is 1. The maximum absolute atomic E-state index is 14.8. The normalized spacial score (nSPS) is 25.9. The first-order chi connectivity index (χ1) is 33.3. The molecule has 1 aliphatic heterocycles. The van der Waals surface area contributed by atoms with Gasteiger partial charge in [0.25, 0.3) is 0 Å². The van der Waals surface area contributed by atoms with E-state index in [2.05, 4.69) is 215 Å². The van der Waals surface area contributed by atoms with Gasteiger partial charge in [0, 0.05) is 62.7 Å². The van der Waals surface area contributed by atoms with Crippen molar-refractivity contribution in [1.82, 2.24) is 4.57 Å². The van der Waals surface area contributed by atoms with Gasteiger partial charge in [-0.2, -0.15) is 0 Å². The highest BCUT2D eigenvalue weighted by Crippen LogP contribution is 2.51. The minimum absolute atomic E-state index is 0.0191. The summed E-state index contributed by atoms with van der Waals surface area (Å²) in [4.78, 5) is 7.43. The highest BCUT2D eigenvalue weighted by Gasteiger charge is 2.52. The maximum Gasteiger partial charge on any atom is 0.123 e. The molecule has 6 heteroatoms. The largest absolute Gasteiger partial charge is 0.358 e. The van der Waals surface area contributed by atoms with Gasteiger partial charge in [0.05, 0.1) is 34.7 Å². The summed E-state index contributed by atoms with van der Waals surface area (Å²) in [5.74, 6) is 0.498. The summed E-state index contributed by atoms with van der Waals surface area (Å²) < 4.78 is 31.5. The molecule has 0 saturated carbocycles. The van der Waals surface area contributed by atoms with E-state index in [1.165, 1.54) is 28.8 Å². The van der Waals surface area contributed by atoms with Crippen molar-refractivity contribution >= 4 is 44.6 Å². The van der Waals surface area contributed by atoms with E-state index in [0.29, 0.717) is 17.9 Å². The first-order valence-corrected chi connectivity index (χ1v) is 24.2. The molecule has 68 heavy (non-hydrogen) atoms. The number of nitrogens with zero attached hydrogens (tertiary/aromatic N) is 4. The van der Waals surface area contributed by atoms with E-state index in [-0.39, 0.29) is 41.1 Å². The van der Waals surface area contributed by atoms with Crippen molar-refractivity contribution in [2.45, 2.75) is 56.3 Å². The second-order valence-corrected chi connectivity index (χ2v) is 19.4. The predicted molar refractivity (Wildman–Crippen MR) is 278 cm³/mol. The quantitative estimate of drug-likeness (QED) is 0.134. The van der Waals surface area contributed by atoms with Crippen LogP contribution in [-0.2, 0) is 0 Å². The number of benzene rings is 6. The summed E-state index contributed by atoms with van der Waals surface area (Å²) in [6.45, 7) is 4.52. The van der Waals surface area contributed by atoms with Crippen molar-refractivity contribution in [2.75, 3.05) is 14.7 Å². The van der Waals surface area contributed by atoms with Crippen LogP contribution in [0.3, 0.4) is 0 Å². The lowest BCUT2D eigenvalue weighted by atomic mass is 9.72. The zero-order valence-corrected chi connectivity index (χ0v) is 38.4. The Labute approximate surface area is 398 Å². The Balaban J connectivity index is 0.855. The first kappa shape index (κ1) is 42.0. The fourth-order valence-electron chi connectivity index (χ4n) is 12.2. The van der Waals surface area contributed by atoms with Gasteiger partial charge in [0.15, 0.2) is 0 Å². The minimum Gasteiger partial charge on any atom is -0.358 e. The number of rotatable bonds is 9. The zero-order chi connectivity index (χ0) is 45.9. The molecule has 1 fully saturated rings. The minimum atomic E-state index is -0.328. The van der Waals surface area contributed by atoms with Crippen LogP contribution < -0.4 is 14.7 Å². The van der Waals surface area contributed by atoms with Crippen molar-refractivity contribution in [3.63, 3.8) is 0 Å². The molecule has 0 radical (unpaired) electrons. The number of anilines is 4. The van der Waals surface area contributed by atoms with E-state index >= 15 is 0 Å². The summed E-state index contributed by atoms with van der Waals surface area (Å²) in [5, 5.41) is 2.33. The maximum atomic E-state index is 14.8. The van der Waals surface area contributed by atoms with Gasteiger partial charge in [-0.1, -0.05) is 128 Å². The summed E-state index contributed by atoms with van der Waals surface area (Å²) in [5.41, 5.74) is 9.64. The Morgan fingerprint density at radius 1 is 0.618 bits per heavy atom. The first-order valence-electron chi connectivity index (χ1n) is 24.2. The van der Waals surface area contributed by atoms with E-state index in [4.69, 9.17) is 0 Å². The molecule has 6 aromatic carbocycles. The van der Waals surface area contributed by atoms with Crippen LogP contribution in [0.2, 0.25) is 0 Å². The number of allylic oxidation sites excluding steroid dienone is 7. The third kappa shape index (κ3) is 7.25. The molecule has 12 rings (SSSR count). The van der Waals surface area contributed by atoms with Crippen LogP contribution >= 0.6 is 0 Å². The lowest BCUT2D eigenvalue weighted by molar-refractivity contribution is 0.294. The van der Waals surface area contributed by atoms with Crippen LogP contribution in [0.4, 0.5) is 31.5 Å². The Kier molecular flexibility index (Phi) is 10.5. The van der Waals surface area contributed by atoms with Gasteiger partial charge < -0.3 is 19.3 Å². The second kappa shape index (κ2) is 17.0. The molecule has 1 saturated heterocycles. The number of hydrogen-bond donors (Lipinski definition) is 0. The Morgan fingerprint density at radius 2 is 1.31 bits per heavy atom. The van der Waals surface area contributed by atoms with Gasteiger partial charge in [-0.25, -0.2) is 8.78 Å². The molecular formula is C62H54F2N4. The summed E-state index contributed by atoms with van der Waals surface area (Å²) >= 11 is 0. The molecule has 8 atom stereocenters. The molecule has 4 nitrogen and oxygen atoms in total. The summed E-state index contributed by atoms with van der Waals surface area (Å²) in [6, 6.07) is 53.1. The standard InChI is InChI=1S/C62H54F2N4/c1-42-39-46(64)27-35-57(42)68(62(2)38-37-61-56(41-62)54-18-10-12-20-59(54)67(61)48-15-7-4-8-16-48)51-30-23-44(24-31-51)43-21-28-49(29-22-43)65(50-32-25-45(63)26-33-50)52-34-36-60-55(40-52)53-17-9-11-19-58(53)66(60)47-13-5-3-6-14-47/h3-21,23-40,42-43,54,56-57,59,61H,22,41H2,1-2H3. The molecule has 336 valence electrons. The number of hydrogen-bond acceptors (Lipinski definition) is 3. The van der Waals surface area contributed by atoms with Crippen molar-refractivity contribution < 1.29 is 8.78 Å². The van der Waals surface area contributed by atoms with Crippen molar-refractivity contribution in [3.8, 4) is 5.69 Å². The predicted octanol–water partition coefficient (Wildman–Crippen LogP) is 15.3. The average Bonchev–Trinajstić information content (AvgIpc) is 3.88. The highest BCUT2D eigenvalue weighted by molar-refractivity contribution is 6.10.